The molecule has 3 aromatic heterocycles. The number of carbonyl (C=O) groups excluding carboxylic acids is 2. The van der Waals surface area contributed by atoms with E-state index in [9.17, 15) is 22.8 Å². The molecule has 0 aromatic carbocycles. The number of alkyl halides is 3. The van der Waals surface area contributed by atoms with Crippen LogP contribution in [0.5, 0.6) is 0 Å². The summed E-state index contributed by atoms with van der Waals surface area (Å²) >= 11 is 5.53. The van der Waals surface area contributed by atoms with Gasteiger partial charge in [-0.3, -0.25) is 9.97 Å². The van der Waals surface area contributed by atoms with Gasteiger partial charge in [-0.1, -0.05) is 11.6 Å². The summed E-state index contributed by atoms with van der Waals surface area (Å²) in [6.07, 6.45) is -0.597. The van der Waals surface area contributed by atoms with Crippen LogP contribution < -0.4 is 0 Å². The minimum atomic E-state index is -4.49. The maximum atomic E-state index is 12.4. The third-order valence-electron chi connectivity index (χ3n) is 3.68. The summed E-state index contributed by atoms with van der Waals surface area (Å²) in [5, 5.41) is 0.285. The molecule has 0 bridgehead atoms. The largest absolute Gasteiger partial charge is 0.465 e. The van der Waals surface area contributed by atoms with E-state index in [4.69, 9.17) is 11.6 Å². The van der Waals surface area contributed by atoms with Crippen molar-refractivity contribution in [2.75, 3.05) is 14.2 Å². The summed E-state index contributed by atoms with van der Waals surface area (Å²) in [5.74, 6) is -0.956. The number of rotatable bonds is 3. The summed E-state index contributed by atoms with van der Waals surface area (Å²) in [4.78, 5) is 33.3. The molecule has 3 heterocycles. The standard InChI is InChI=1S/C13H9F3N2O2.C7H6ClNO2.ClH/c1-20-12(19)8-4-5-17-10(6-8)9-2-3-11(18-7-9)13(14,15)16;1-11-7(10)5-2-3-9-6(8)4-5;/h2-7H,1H3;2-4H,1H3;1H. The lowest BCUT2D eigenvalue weighted by atomic mass is 10.1. The van der Waals surface area contributed by atoms with Crippen LogP contribution in [0, 0.1) is 0 Å². The molecular weight excluding hydrogens is 474 g/mol. The zero-order valence-electron chi connectivity index (χ0n) is 16.6. The highest BCUT2D eigenvalue weighted by molar-refractivity contribution is 6.29. The van der Waals surface area contributed by atoms with E-state index in [2.05, 4.69) is 24.4 Å². The predicted molar refractivity (Wildman–Crippen MR) is 112 cm³/mol. The topological polar surface area (TPSA) is 91.3 Å². The van der Waals surface area contributed by atoms with Crippen LogP contribution in [0.3, 0.4) is 0 Å². The Hall–Kier alpha value is -3.24. The highest BCUT2D eigenvalue weighted by atomic mass is 35.5. The third-order valence-corrected chi connectivity index (χ3v) is 3.89. The van der Waals surface area contributed by atoms with Gasteiger partial charge in [0.05, 0.1) is 31.0 Å². The molecule has 0 N–H and O–H groups in total. The van der Waals surface area contributed by atoms with Crippen LogP contribution in [0.25, 0.3) is 11.3 Å². The zero-order valence-corrected chi connectivity index (χ0v) is 18.2. The highest BCUT2D eigenvalue weighted by Gasteiger charge is 2.32. The second-order valence-electron chi connectivity index (χ2n) is 5.71. The molecular formula is C20H16Cl2F3N3O4. The minimum absolute atomic E-state index is 0. The lowest BCUT2D eigenvalue weighted by molar-refractivity contribution is -0.141. The first-order valence-corrected chi connectivity index (χ1v) is 8.81. The van der Waals surface area contributed by atoms with E-state index in [0.717, 1.165) is 12.3 Å². The number of nitrogens with zero attached hydrogens (tertiary/aromatic N) is 3. The van der Waals surface area contributed by atoms with Crippen molar-refractivity contribution < 1.29 is 32.2 Å². The van der Waals surface area contributed by atoms with Gasteiger partial charge >= 0.3 is 18.1 Å². The van der Waals surface area contributed by atoms with Crippen molar-refractivity contribution >= 4 is 35.9 Å². The van der Waals surface area contributed by atoms with Gasteiger partial charge in [0.25, 0.3) is 0 Å². The number of ether oxygens (including phenoxy) is 2. The number of methoxy groups -OCH3 is 2. The summed E-state index contributed by atoms with van der Waals surface area (Å²) in [7, 11) is 2.55. The first kappa shape index (κ1) is 26.8. The Kier molecular flexibility index (Phi) is 10.0. The number of carbonyl (C=O) groups is 2. The van der Waals surface area contributed by atoms with E-state index < -0.39 is 23.8 Å². The molecule has 0 fully saturated rings. The Balaban J connectivity index is 0.000000364. The molecule has 12 heteroatoms. The molecule has 0 saturated carbocycles. The Morgan fingerprint density at radius 3 is 1.91 bits per heavy atom. The molecule has 0 radical (unpaired) electrons. The van der Waals surface area contributed by atoms with Gasteiger partial charge < -0.3 is 9.47 Å². The van der Waals surface area contributed by atoms with Crippen molar-refractivity contribution in [1.29, 1.82) is 0 Å². The van der Waals surface area contributed by atoms with Crippen LogP contribution in [0.4, 0.5) is 13.2 Å². The first-order chi connectivity index (χ1) is 14.7. The van der Waals surface area contributed by atoms with Crippen molar-refractivity contribution in [3.63, 3.8) is 0 Å². The smallest absolute Gasteiger partial charge is 0.433 e. The predicted octanol–water partition coefficient (Wildman–Crippen LogP) is 4.89. The van der Waals surface area contributed by atoms with Gasteiger partial charge in [-0.25, -0.2) is 14.6 Å². The second-order valence-corrected chi connectivity index (χ2v) is 6.10. The van der Waals surface area contributed by atoms with Gasteiger partial charge in [-0.2, -0.15) is 13.2 Å². The normalized spacial score (nSPS) is 10.2. The number of hydrogen-bond acceptors (Lipinski definition) is 7. The van der Waals surface area contributed by atoms with Crippen LogP contribution in [0.1, 0.15) is 26.4 Å². The Morgan fingerprint density at radius 2 is 1.44 bits per heavy atom. The Labute approximate surface area is 192 Å². The molecule has 0 saturated heterocycles. The van der Waals surface area contributed by atoms with Crippen LogP contribution >= 0.6 is 24.0 Å². The van der Waals surface area contributed by atoms with Crippen LogP contribution in [-0.4, -0.2) is 41.1 Å². The van der Waals surface area contributed by atoms with E-state index >= 15 is 0 Å². The average molecular weight is 490 g/mol. The monoisotopic (exact) mass is 489 g/mol. The summed E-state index contributed by atoms with van der Waals surface area (Å²) in [5.41, 5.74) is 0.410. The summed E-state index contributed by atoms with van der Waals surface area (Å²) in [6.45, 7) is 0. The summed E-state index contributed by atoms with van der Waals surface area (Å²) in [6, 6.07) is 7.98. The van der Waals surface area contributed by atoms with Gasteiger partial charge in [-0.15, -0.1) is 12.4 Å². The molecule has 3 aromatic rings. The molecule has 0 spiro atoms. The molecule has 0 unspecified atom stereocenters. The second kappa shape index (κ2) is 12.0. The lowest BCUT2D eigenvalue weighted by Gasteiger charge is -2.07. The van der Waals surface area contributed by atoms with Gasteiger partial charge in [0.15, 0.2) is 0 Å². The minimum Gasteiger partial charge on any atom is -0.465 e. The fourth-order valence-electron chi connectivity index (χ4n) is 2.19. The number of halogens is 5. The first-order valence-electron chi connectivity index (χ1n) is 8.43. The fraction of sp³-hybridized carbons (Fsp3) is 0.150. The number of hydrogen-bond donors (Lipinski definition) is 0. The average Bonchev–Trinajstić information content (AvgIpc) is 2.78. The van der Waals surface area contributed by atoms with E-state index in [1.807, 2.05) is 0 Å². The maximum absolute atomic E-state index is 12.4. The molecule has 0 amide bonds. The van der Waals surface area contributed by atoms with Crippen molar-refractivity contribution in [2.45, 2.75) is 6.18 Å². The Morgan fingerprint density at radius 1 is 0.875 bits per heavy atom. The van der Waals surface area contributed by atoms with Crippen molar-refractivity contribution in [3.05, 3.63) is 77.0 Å². The van der Waals surface area contributed by atoms with E-state index in [0.29, 0.717) is 16.8 Å². The van der Waals surface area contributed by atoms with Gasteiger partial charge in [0.2, 0.25) is 0 Å². The van der Waals surface area contributed by atoms with Crippen molar-refractivity contribution in [1.82, 2.24) is 15.0 Å². The van der Waals surface area contributed by atoms with Crippen molar-refractivity contribution in [3.8, 4) is 11.3 Å². The molecule has 32 heavy (non-hydrogen) atoms. The highest BCUT2D eigenvalue weighted by Crippen LogP contribution is 2.28. The molecule has 0 atom stereocenters. The van der Waals surface area contributed by atoms with E-state index in [1.165, 1.54) is 56.9 Å². The lowest BCUT2D eigenvalue weighted by Crippen LogP contribution is -2.07. The van der Waals surface area contributed by atoms with Crippen molar-refractivity contribution in [2.24, 2.45) is 0 Å². The van der Waals surface area contributed by atoms with Crippen LogP contribution in [0.2, 0.25) is 5.15 Å². The van der Waals surface area contributed by atoms with E-state index in [-0.39, 0.29) is 23.1 Å². The number of pyridine rings is 3. The molecule has 3 rings (SSSR count). The number of aromatic nitrogens is 3. The van der Waals surface area contributed by atoms with Crippen LogP contribution in [-0.2, 0) is 15.7 Å². The van der Waals surface area contributed by atoms with Crippen LogP contribution in [0.15, 0.2) is 55.0 Å². The molecule has 170 valence electrons. The van der Waals surface area contributed by atoms with Gasteiger partial charge in [0.1, 0.15) is 10.8 Å². The summed E-state index contributed by atoms with van der Waals surface area (Å²) < 4.78 is 46.2. The molecule has 0 aliphatic rings. The van der Waals surface area contributed by atoms with E-state index in [1.54, 1.807) is 0 Å². The zero-order chi connectivity index (χ0) is 23.0. The SMILES string of the molecule is COC(=O)c1ccnc(-c2ccc(C(F)(F)F)nc2)c1.COC(=O)c1ccnc(Cl)c1.Cl. The molecule has 7 nitrogen and oxygen atoms in total. The quantitative estimate of drug-likeness (QED) is 0.381. The Bertz CT molecular complexity index is 1060. The maximum Gasteiger partial charge on any atom is 0.433 e. The molecule has 0 aliphatic heterocycles. The number of esters is 2. The van der Waals surface area contributed by atoms with Gasteiger partial charge in [0, 0.05) is 24.2 Å². The third kappa shape index (κ3) is 7.47. The molecule has 0 aliphatic carbocycles. The fourth-order valence-corrected chi connectivity index (χ4v) is 2.37. The van der Waals surface area contributed by atoms with Gasteiger partial charge in [-0.05, 0) is 36.4 Å².